The number of carbonyl (C=O) groups excluding carboxylic acids is 1. The Morgan fingerprint density at radius 2 is 2.13 bits per heavy atom. The number of ether oxygens (including phenoxy) is 1. The summed E-state index contributed by atoms with van der Waals surface area (Å²) in [6, 6.07) is 9.94. The first-order valence-electron chi connectivity index (χ1n) is 8.13. The lowest BCUT2D eigenvalue weighted by molar-refractivity contribution is -0.140. The first-order valence-corrected chi connectivity index (χ1v) is 8.13. The van der Waals surface area contributed by atoms with Crippen molar-refractivity contribution in [2.75, 3.05) is 19.8 Å². The molecule has 2 aromatic rings. The van der Waals surface area contributed by atoms with E-state index in [9.17, 15) is 4.79 Å². The van der Waals surface area contributed by atoms with Crippen LogP contribution >= 0.6 is 0 Å². The van der Waals surface area contributed by atoms with Crippen LogP contribution in [0.4, 0.5) is 0 Å². The van der Waals surface area contributed by atoms with Crippen molar-refractivity contribution in [3.63, 3.8) is 0 Å². The molecular weight excluding hydrogens is 292 g/mol. The van der Waals surface area contributed by atoms with Crippen molar-refractivity contribution in [2.24, 2.45) is 0 Å². The van der Waals surface area contributed by atoms with Crippen LogP contribution < -0.4 is 0 Å². The summed E-state index contributed by atoms with van der Waals surface area (Å²) in [4.78, 5) is 14.3. The fourth-order valence-electron chi connectivity index (χ4n) is 3.03. The topological polar surface area (TPSA) is 60.2 Å². The monoisotopic (exact) mass is 314 g/mol. The van der Waals surface area contributed by atoms with E-state index in [0.29, 0.717) is 6.61 Å². The van der Waals surface area contributed by atoms with Gasteiger partial charge in [-0.15, -0.1) is 10.2 Å². The Morgan fingerprint density at radius 1 is 1.30 bits per heavy atom. The maximum atomic E-state index is 12.5. The standard InChI is InChI=1S/C17H22N4O2/c1-2-23-12-16(22)20-11-7-6-10-15(20)17-19-18-13-21(17)14-8-4-3-5-9-14/h3-5,8-9,13,15H,2,6-7,10-12H2,1H3. The molecule has 6 nitrogen and oxygen atoms in total. The molecule has 0 saturated carbocycles. The lowest BCUT2D eigenvalue weighted by Crippen LogP contribution is -2.41. The van der Waals surface area contributed by atoms with Crippen molar-refractivity contribution in [1.82, 2.24) is 19.7 Å². The summed E-state index contributed by atoms with van der Waals surface area (Å²) in [7, 11) is 0. The average molecular weight is 314 g/mol. The molecule has 1 amide bonds. The van der Waals surface area contributed by atoms with Gasteiger partial charge in [-0.2, -0.15) is 0 Å². The lowest BCUT2D eigenvalue weighted by atomic mass is 10.0. The zero-order valence-corrected chi connectivity index (χ0v) is 13.4. The van der Waals surface area contributed by atoms with Crippen molar-refractivity contribution in [3.05, 3.63) is 42.5 Å². The Kier molecular flexibility index (Phi) is 5.02. The van der Waals surface area contributed by atoms with Crippen LogP contribution in [0.25, 0.3) is 5.69 Å². The molecule has 1 atom stereocenters. The Hall–Kier alpha value is -2.21. The number of benzene rings is 1. The number of amides is 1. The van der Waals surface area contributed by atoms with Crippen molar-refractivity contribution in [3.8, 4) is 5.69 Å². The lowest BCUT2D eigenvalue weighted by Gasteiger charge is -2.35. The van der Waals surface area contributed by atoms with Gasteiger partial charge in [0.1, 0.15) is 12.9 Å². The van der Waals surface area contributed by atoms with E-state index >= 15 is 0 Å². The SMILES string of the molecule is CCOCC(=O)N1CCCCC1c1nncn1-c1ccccc1. The van der Waals surface area contributed by atoms with Crippen LogP contribution in [-0.2, 0) is 9.53 Å². The second-order valence-corrected chi connectivity index (χ2v) is 5.63. The van der Waals surface area contributed by atoms with Crippen LogP contribution in [0.3, 0.4) is 0 Å². The number of para-hydroxylation sites is 1. The van der Waals surface area contributed by atoms with Crippen molar-refractivity contribution in [2.45, 2.75) is 32.2 Å². The maximum absolute atomic E-state index is 12.5. The molecule has 3 rings (SSSR count). The molecule has 1 unspecified atom stereocenters. The fraction of sp³-hybridized carbons (Fsp3) is 0.471. The third-order valence-electron chi connectivity index (χ3n) is 4.16. The van der Waals surface area contributed by atoms with Gasteiger partial charge in [0.2, 0.25) is 5.91 Å². The zero-order chi connectivity index (χ0) is 16.1. The van der Waals surface area contributed by atoms with Crippen LogP contribution in [0.5, 0.6) is 0 Å². The molecule has 1 aliphatic rings. The van der Waals surface area contributed by atoms with E-state index in [-0.39, 0.29) is 18.6 Å². The van der Waals surface area contributed by atoms with E-state index in [4.69, 9.17) is 4.74 Å². The summed E-state index contributed by atoms with van der Waals surface area (Å²) >= 11 is 0. The molecule has 0 aliphatic carbocycles. The highest BCUT2D eigenvalue weighted by atomic mass is 16.5. The van der Waals surface area contributed by atoms with Gasteiger partial charge in [-0.05, 0) is 38.3 Å². The molecule has 1 aromatic heterocycles. The number of likely N-dealkylation sites (tertiary alicyclic amines) is 1. The molecule has 6 heteroatoms. The van der Waals surface area contributed by atoms with Gasteiger partial charge in [-0.1, -0.05) is 18.2 Å². The van der Waals surface area contributed by atoms with Gasteiger partial charge < -0.3 is 9.64 Å². The highest BCUT2D eigenvalue weighted by Crippen LogP contribution is 2.30. The third kappa shape index (κ3) is 3.42. The molecule has 0 bridgehead atoms. The Bertz CT molecular complexity index is 641. The fourth-order valence-corrected chi connectivity index (χ4v) is 3.03. The predicted octanol–water partition coefficient (Wildman–Crippen LogP) is 2.36. The molecular formula is C17H22N4O2. The largest absolute Gasteiger partial charge is 0.372 e. The second kappa shape index (κ2) is 7.37. The number of rotatable bonds is 5. The maximum Gasteiger partial charge on any atom is 0.249 e. The summed E-state index contributed by atoms with van der Waals surface area (Å²) in [6.07, 6.45) is 4.73. The van der Waals surface area contributed by atoms with E-state index in [2.05, 4.69) is 10.2 Å². The number of nitrogens with zero attached hydrogens (tertiary/aromatic N) is 4. The Morgan fingerprint density at radius 3 is 2.91 bits per heavy atom. The Labute approximate surface area is 136 Å². The van der Waals surface area contributed by atoms with Gasteiger partial charge >= 0.3 is 0 Å². The van der Waals surface area contributed by atoms with Gasteiger partial charge in [-0.25, -0.2) is 0 Å². The molecule has 2 heterocycles. The summed E-state index contributed by atoms with van der Waals surface area (Å²) in [6.45, 7) is 3.32. The number of aromatic nitrogens is 3. The molecule has 0 radical (unpaired) electrons. The molecule has 23 heavy (non-hydrogen) atoms. The van der Waals surface area contributed by atoms with E-state index in [1.54, 1.807) is 6.33 Å². The molecule has 0 N–H and O–H groups in total. The quantitative estimate of drug-likeness (QED) is 0.850. The summed E-state index contributed by atoms with van der Waals surface area (Å²) in [5.41, 5.74) is 1.01. The summed E-state index contributed by atoms with van der Waals surface area (Å²) < 4.78 is 7.26. The number of piperidine rings is 1. The van der Waals surface area contributed by atoms with E-state index in [1.807, 2.05) is 46.7 Å². The first-order chi connectivity index (χ1) is 11.3. The van der Waals surface area contributed by atoms with Gasteiger partial charge in [0.15, 0.2) is 5.82 Å². The smallest absolute Gasteiger partial charge is 0.249 e. The normalized spacial score (nSPS) is 18.1. The molecule has 1 fully saturated rings. The van der Waals surface area contributed by atoms with Gasteiger partial charge in [0.05, 0.1) is 6.04 Å². The van der Waals surface area contributed by atoms with Crippen LogP contribution in [0.2, 0.25) is 0 Å². The molecule has 1 aromatic carbocycles. The molecule has 1 aliphatic heterocycles. The average Bonchev–Trinajstić information content (AvgIpc) is 3.10. The second-order valence-electron chi connectivity index (χ2n) is 5.63. The minimum absolute atomic E-state index is 0.0270. The number of hydrogen-bond acceptors (Lipinski definition) is 4. The van der Waals surface area contributed by atoms with Gasteiger partial charge in [0, 0.05) is 18.8 Å². The van der Waals surface area contributed by atoms with Crippen LogP contribution in [0.1, 0.15) is 38.1 Å². The molecule has 122 valence electrons. The minimum Gasteiger partial charge on any atom is -0.372 e. The predicted molar refractivity (Wildman–Crippen MR) is 86.2 cm³/mol. The zero-order valence-electron chi connectivity index (χ0n) is 13.4. The van der Waals surface area contributed by atoms with Gasteiger partial charge in [-0.3, -0.25) is 9.36 Å². The van der Waals surface area contributed by atoms with Crippen molar-refractivity contribution >= 4 is 5.91 Å². The molecule has 1 saturated heterocycles. The van der Waals surface area contributed by atoms with Crippen molar-refractivity contribution < 1.29 is 9.53 Å². The van der Waals surface area contributed by atoms with Crippen LogP contribution in [0, 0.1) is 0 Å². The van der Waals surface area contributed by atoms with Gasteiger partial charge in [0.25, 0.3) is 0 Å². The first kappa shape index (κ1) is 15.7. The van der Waals surface area contributed by atoms with Crippen molar-refractivity contribution in [1.29, 1.82) is 0 Å². The van der Waals surface area contributed by atoms with E-state index in [0.717, 1.165) is 37.3 Å². The third-order valence-corrected chi connectivity index (χ3v) is 4.16. The van der Waals surface area contributed by atoms with E-state index in [1.165, 1.54) is 0 Å². The highest BCUT2D eigenvalue weighted by molar-refractivity contribution is 5.78. The number of carbonyl (C=O) groups is 1. The highest BCUT2D eigenvalue weighted by Gasteiger charge is 2.31. The van der Waals surface area contributed by atoms with E-state index < -0.39 is 0 Å². The van der Waals surface area contributed by atoms with Crippen LogP contribution in [-0.4, -0.2) is 45.3 Å². The minimum atomic E-state index is -0.0422. The van der Waals surface area contributed by atoms with Crippen LogP contribution in [0.15, 0.2) is 36.7 Å². The summed E-state index contributed by atoms with van der Waals surface area (Å²) in [5, 5.41) is 8.38. The Balaban J connectivity index is 1.87. The number of hydrogen-bond donors (Lipinski definition) is 0. The molecule has 0 spiro atoms. The summed E-state index contributed by atoms with van der Waals surface area (Å²) in [5.74, 6) is 0.847.